The van der Waals surface area contributed by atoms with Crippen molar-refractivity contribution in [2.75, 3.05) is 13.1 Å². The average molecular weight is 231 g/mol. The number of hydrogen-bond donors (Lipinski definition) is 0. The van der Waals surface area contributed by atoms with Gasteiger partial charge in [0.2, 0.25) is 0 Å². The van der Waals surface area contributed by atoms with Crippen molar-refractivity contribution in [1.29, 1.82) is 0 Å². The molecule has 1 unspecified atom stereocenters. The van der Waals surface area contributed by atoms with E-state index in [1.54, 1.807) is 0 Å². The Bertz CT molecular complexity index is 394. The van der Waals surface area contributed by atoms with Crippen LogP contribution in [0.25, 0.3) is 0 Å². The van der Waals surface area contributed by atoms with E-state index in [0.717, 1.165) is 37.9 Å². The Morgan fingerprint density at radius 1 is 1.35 bits per heavy atom. The lowest BCUT2D eigenvalue weighted by molar-refractivity contribution is 0.0792. The van der Waals surface area contributed by atoms with Crippen LogP contribution in [0.5, 0.6) is 0 Å². The van der Waals surface area contributed by atoms with Crippen LogP contribution in [0.15, 0.2) is 24.3 Å². The number of carbonyl (C=O) groups is 1. The van der Waals surface area contributed by atoms with E-state index >= 15 is 0 Å². The maximum absolute atomic E-state index is 12.2. The maximum atomic E-state index is 12.2. The molecule has 0 N–H and O–H groups in total. The fraction of sp³-hybridized carbons (Fsp3) is 0.533. The van der Waals surface area contributed by atoms with Gasteiger partial charge in [-0.1, -0.05) is 26.0 Å². The molecule has 1 aromatic rings. The molecule has 0 aliphatic carbocycles. The van der Waals surface area contributed by atoms with Gasteiger partial charge in [-0.25, -0.2) is 0 Å². The molecule has 1 aromatic carbocycles. The minimum atomic E-state index is 0.202. The summed E-state index contributed by atoms with van der Waals surface area (Å²) in [5, 5.41) is 0. The second kappa shape index (κ2) is 5.35. The Morgan fingerprint density at radius 3 is 2.71 bits per heavy atom. The summed E-state index contributed by atoms with van der Waals surface area (Å²) in [6.45, 7) is 6.23. The van der Waals surface area contributed by atoms with Crippen LogP contribution in [0.4, 0.5) is 0 Å². The van der Waals surface area contributed by atoms with Crippen molar-refractivity contribution in [1.82, 2.24) is 4.90 Å². The first kappa shape index (κ1) is 12.2. The number of nitrogens with zero attached hydrogens (tertiary/aromatic N) is 1. The van der Waals surface area contributed by atoms with Crippen LogP contribution in [-0.2, 0) is 0 Å². The van der Waals surface area contributed by atoms with Crippen molar-refractivity contribution in [3.05, 3.63) is 35.4 Å². The van der Waals surface area contributed by atoms with E-state index in [9.17, 15) is 4.79 Å². The predicted octanol–water partition coefficient (Wildman–Crippen LogP) is 3.44. The lowest BCUT2D eigenvalue weighted by atomic mass is 9.96. The Hall–Kier alpha value is -1.31. The van der Waals surface area contributed by atoms with E-state index in [1.165, 1.54) is 5.56 Å². The Labute approximate surface area is 104 Å². The van der Waals surface area contributed by atoms with Gasteiger partial charge in [0.25, 0.3) is 5.91 Å². The number of rotatable bonds is 3. The van der Waals surface area contributed by atoms with Gasteiger partial charge in [-0.3, -0.25) is 4.79 Å². The normalized spacial score (nSPS) is 17.2. The van der Waals surface area contributed by atoms with Gasteiger partial charge in [0.1, 0.15) is 0 Å². The predicted molar refractivity (Wildman–Crippen MR) is 70.3 cm³/mol. The van der Waals surface area contributed by atoms with Crippen molar-refractivity contribution in [3.63, 3.8) is 0 Å². The first-order chi connectivity index (χ1) is 8.22. The molecule has 1 aliphatic heterocycles. The Morgan fingerprint density at radius 2 is 2.06 bits per heavy atom. The molecule has 17 heavy (non-hydrogen) atoms. The monoisotopic (exact) mass is 231 g/mol. The fourth-order valence-corrected chi connectivity index (χ4v) is 2.32. The van der Waals surface area contributed by atoms with Gasteiger partial charge in [0.05, 0.1) is 0 Å². The fourth-order valence-electron chi connectivity index (χ4n) is 2.32. The molecule has 1 atom stereocenters. The second-order valence-corrected chi connectivity index (χ2v) is 4.93. The van der Waals surface area contributed by atoms with E-state index in [4.69, 9.17) is 0 Å². The average Bonchev–Trinajstić information content (AvgIpc) is 2.91. The van der Waals surface area contributed by atoms with Gasteiger partial charge in [-0.05, 0) is 42.9 Å². The first-order valence-corrected chi connectivity index (χ1v) is 6.61. The van der Waals surface area contributed by atoms with E-state index < -0.39 is 0 Å². The molecule has 2 heteroatoms. The van der Waals surface area contributed by atoms with Crippen molar-refractivity contribution in [2.24, 2.45) is 0 Å². The maximum Gasteiger partial charge on any atom is 0.253 e. The standard InChI is InChI=1S/C15H21NO/c1-3-12(2)13-7-6-8-14(11-13)15(17)16-9-4-5-10-16/h6-8,11-12H,3-5,9-10H2,1-2H3. The Kier molecular flexibility index (Phi) is 3.82. The van der Waals surface area contributed by atoms with Crippen LogP contribution >= 0.6 is 0 Å². The van der Waals surface area contributed by atoms with E-state index in [0.29, 0.717) is 5.92 Å². The molecule has 2 nitrogen and oxygen atoms in total. The van der Waals surface area contributed by atoms with Gasteiger partial charge >= 0.3 is 0 Å². The second-order valence-electron chi connectivity index (χ2n) is 4.93. The number of likely N-dealkylation sites (tertiary alicyclic amines) is 1. The van der Waals surface area contributed by atoms with Crippen molar-refractivity contribution in [3.8, 4) is 0 Å². The lowest BCUT2D eigenvalue weighted by Crippen LogP contribution is -2.27. The SMILES string of the molecule is CCC(C)c1cccc(C(=O)N2CCCC2)c1. The zero-order chi connectivity index (χ0) is 12.3. The van der Waals surface area contributed by atoms with Gasteiger partial charge < -0.3 is 4.90 Å². The summed E-state index contributed by atoms with van der Waals surface area (Å²) in [6.07, 6.45) is 3.41. The molecule has 1 heterocycles. The molecule has 0 bridgehead atoms. The molecule has 0 radical (unpaired) electrons. The summed E-state index contributed by atoms with van der Waals surface area (Å²) in [6, 6.07) is 8.13. The highest BCUT2D eigenvalue weighted by atomic mass is 16.2. The number of amides is 1. The van der Waals surface area contributed by atoms with Crippen LogP contribution in [-0.4, -0.2) is 23.9 Å². The minimum Gasteiger partial charge on any atom is -0.339 e. The molecule has 1 saturated heterocycles. The quantitative estimate of drug-likeness (QED) is 0.780. The van der Waals surface area contributed by atoms with Gasteiger partial charge in [-0.15, -0.1) is 0 Å². The smallest absolute Gasteiger partial charge is 0.253 e. The third kappa shape index (κ3) is 2.68. The third-order valence-corrected chi connectivity index (χ3v) is 3.71. The summed E-state index contributed by atoms with van der Waals surface area (Å²) < 4.78 is 0. The Balaban J connectivity index is 2.17. The topological polar surface area (TPSA) is 20.3 Å². The third-order valence-electron chi connectivity index (χ3n) is 3.71. The number of hydrogen-bond acceptors (Lipinski definition) is 1. The highest BCUT2D eigenvalue weighted by Gasteiger charge is 2.19. The van der Waals surface area contributed by atoms with Crippen LogP contribution in [0.1, 0.15) is 54.9 Å². The van der Waals surface area contributed by atoms with Gasteiger partial charge in [-0.2, -0.15) is 0 Å². The molecule has 0 aromatic heterocycles. The lowest BCUT2D eigenvalue weighted by Gasteiger charge is -2.16. The highest BCUT2D eigenvalue weighted by molar-refractivity contribution is 5.94. The van der Waals surface area contributed by atoms with E-state index in [1.807, 2.05) is 17.0 Å². The summed E-state index contributed by atoms with van der Waals surface area (Å²) >= 11 is 0. The highest BCUT2D eigenvalue weighted by Crippen LogP contribution is 2.21. The van der Waals surface area contributed by atoms with Crippen LogP contribution in [0.2, 0.25) is 0 Å². The molecular formula is C15H21NO. The molecule has 2 rings (SSSR count). The number of carbonyl (C=O) groups excluding carboxylic acids is 1. The van der Waals surface area contributed by atoms with E-state index in [2.05, 4.69) is 26.0 Å². The summed E-state index contributed by atoms with van der Waals surface area (Å²) in [5.41, 5.74) is 2.13. The van der Waals surface area contributed by atoms with Crippen LogP contribution < -0.4 is 0 Å². The van der Waals surface area contributed by atoms with Crippen molar-refractivity contribution >= 4 is 5.91 Å². The largest absolute Gasteiger partial charge is 0.339 e. The zero-order valence-electron chi connectivity index (χ0n) is 10.8. The molecular weight excluding hydrogens is 210 g/mol. The molecule has 1 aliphatic rings. The van der Waals surface area contributed by atoms with Crippen molar-refractivity contribution in [2.45, 2.75) is 39.0 Å². The summed E-state index contributed by atoms with van der Waals surface area (Å²) in [5.74, 6) is 0.731. The van der Waals surface area contributed by atoms with E-state index in [-0.39, 0.29) is 5.91 Å². The molecule has 1 fully saturated rings. The number of benzene rings is 1. The van der Waals surface area contributed by atoms with Crippen LogP contribution in [0.3, 0.4) is 0 Å². The summed E-state index contributed by atoms with van der Waals surface area (Å²) in [4.78, 5) is 14.2. The molecule has 0 spiro atoms. The molecule has 92 valence electrons. The van der Waals surface area contributed by atoms with Crippen molar-refractivity contribution < 1.29 is 4.79 Å². The summed E-state index contributed by atoms with van der Waals surface area (Å²) in [7, 11) is 0. The zero-order valence-corrected chi connectivity index (χ0v) is 10.8. The van der Waals surface area contributed by atoms with Gasteiger partial charge in [0, 0.05) is 18.7 Å². The molecule has 1 amide bonds. The minimum absolute atomic E-state index is 0.202. The van der Waals surface area contributed by atoms with Crippen LogP contribution in [0, 0.1) is 0 Å². The molecule has 0 saturated carbocycles. The first-order valence-electron chi connectivity index (χ1n) is 6.61. The van der Waals surface area contributed by atoms with Gasteiger partial charge in [0.15, 0.2) is 0 Å².